The molecule has 2 atom stereocenters. The molecule has 1 saturated heterocycles. The van der Waals surface area contributed by atoms with Crippen LogP contribution in [0.2, 0.25) is 0 Å². The van der Waals surface area contributed by atoms with Gasteiger partial charge < -0.3 is 20.4 Å². The van der Waals surface area contributed by atoms with E-state index in [2.05, 4.69) is 5.32 Å². The first kappa shape index (κ1) is 13.3. The van der Waals surface area contributed by atoms with Gasteiger partial charge in [-0.1, -0.05) is 0 Å². The maximum atomic E-state index is 14.2. The Kier molecular flexibility index (Phi) is 3.35. The largest absolute Gasteiger partial charge is 0.396 e. The number of nitrogens with zero attached hydrogens (tertiary/aromatic N) is 1. The number of anilines is 2. The topological polar surface area (TPSA) is 72.8 Å². The molecule has 0 radical (unpaired) electrons. The molecule has 3 N–H and O–H groups in total. The third kappa shape index (κ3) is 2.14. The van der Waals surface area contributed by atoms with Crippen LogP contribution < -0.4 is 10.2 Å². The van der Waals surface area contributed by atoms with Crippen molar-refractivity contribution in [3.05, 3.63) is 23.5 Å². The van der Waals surface area contributed by atoms with E-state index in [1.807, 2.05) is 4.90 Å². The average molecular weight is 280 g/mol. The Labute approximate surface area is 116 Å². The van der Waals surface area contributed by atoms with Crippen molar-refractivity contribution in [1.29, 1.82) is 0 Å². The van der Waals surface area contributed by atoms with Crippen molar-refractivity contribution in [2.45, 2.75) is 18.9 Å². The van der Waals surface area contributed by atoms with Crippen molar-refractivity contribution >= 4 is 17.3 Å². The Bertz CT molecular complexity index is 549. The summed E-state index contributed by atoms with van der Waals surface area (Å²) in [7, 11) is 0. The first-order chi connectivity index (χ1) is 9.60. The Balaban J connectivity index is 1.91. The van der Waals surface area contributed by atoms with E-state index in [4.69, 9.17) is 0 Å². The van der Waals surface area contributed by atoms with E-state index >= 15 is 0 Å². The minimum absolute atomic E-state index is 0.0957. The number of amides is 1. The number of carbonyl (C=O) groups is 1. The van der Waals surface area contributed by atoms with Gasteiger partial charge >= 0.3 is 0 Å². The zero-order valence-corrected chi connectivity index (χ0v) is 11.0. The van der Waals surface area contributed by atoms with Gasteiger partial charge in [0.05, 0.1) is 5.69 Å². The molecule has 1 aromatic carbocycles. The fourth-order valence-corrected chi connectivity index (χ4v) is 2.93. The van der Waals surface area contributed by atoms with Gasteiger partial charge in [0.2, 0.25) is 0 Å². The number of halogens is 1. The Morgan fingerprint density at radius 1 is 1.45 bits per heavy atom. The Morgan fingerprint density at radius 2 is 2.25 bits per heavy atom. The summed E-state index contributed by atoms with van der Waals surface area (Å²) in [4.78, 5) is 13.3. The van der Waals surface area contributed by atoms with Crippen LogP contribution in [0.4, 0.5) is 15.8 Å². The van der Waals surface area contributed by atoms with Crippen LogP contribution in [0.5, 0.6) is 0 Å². The van der Waals surface area contributed by atoms with Crippen LogP contribution in [0.25, 0.3) is 0 Å². The summed E-state index contributed by atoms with van der Waals surface area (Å²) in [6, 6.07) is 2.79. The number of aliphatic hydroxyl groups excluding tert-OH is 2. The number of aliphatic hydroxyl groups is 2. The lowest BCUT2D eigenvalue weighted by Gasteiger charge is -2.34. The number of hydrogen-bond donors (Lipinski definition) is 3. The fourth-order valence-electron chi connectivity index (χ4n) is 2.93. The molecule has 0 bridgehead atoms. The summed E-state index contributed by atoms with van der Waals surface area (Å²) in [5, 5.41) is 21.4. The highest BCUT2D eigenvalue weighted by molar-refractivity contribution is 6.02. The summed E-state index contributed by atoms with van der Waals surface area (Å²) in [5.74, 6) is -0.821. The van der Waals surface area contributed by atoms with E-state index in [0.29, 0.717) is 17.9 Å². The normalized spacial score (nSPS) is 25.6. The molecule has 0 aromatic heterocycles. The van der Waals surface area contributed by atoms with Gasteiger partial charge in [-0.15, -0.1) is 0 Å². The first-order valence-corrected chi connectivity index (χ1v) is 6.78. The molecule has 2 heterocycles. The molecule has 0 saturated carbocycles. The number of hydrogen-bond acceptors (Lipinski definition) is 4. The molecule has 2 aliphatic rings. The SMILES string of the molecule is O=C1Nc2cc(N3CCCC(CO)C3)c(F)cc2C1O. The number of fused-ring (bicyclic) bond motifs is 1. The van der Waals surface area contributed by atoms with Crippen LogP contribution in [0.3, 0.4) is 0 Å². The van der Waals surface area contributed by atoms with Gasteiger partial charge in [0.25, 0.3) is 5.91 Å². The summed E-state index contributed by atoms with van der Waals surface area (Å²) in [5.41, 5.74) is 1.16. The van der Waals surface area contributed by atoms with E-state index in [1.54, 1.807) is 6.07 Å². The monoisotopic (exact) mass is 280 g/mol. The predicted molar refractivity (Wildman–Crippen MR) is 72.0 cm³/mol. The van der Waals surface area contributed by atoms with Gasteiger partial charge in [-0.05, 0) is 30.9 Å². The second-order valence-electron chi connectivity index (χ2n) is 5.42. The summed E-state index contributed by atoms with van der Waals surface area (Å²) < 4.78 is 14.2. The maximum absolute atomic E-state index is 14.2. The van der Waals surface area contributed by atoms with Gasteiger partial charge in [0.1, 0.15) is 5.82 Å². The van der Waals surface area contributed by atoms with Crippen LogP contribution in [-0.4, -0.2) is 35.8 Å². The predicted octanol–water partition coefficient (Wildman–Crippen LogP) is 1.02. The molecule has 0 spiro atoms. The van der Waals surface area contributed by atoms with Gasteiger partial charge in [-0.25, -0.2) is 4.39 Å². The molecule has 1 fully saturated rings. The van der Waals surface area contributed by atoms with Gasteiger partial charge in [0, 0.05) is 30.9 Å². The van der Waals surface area contributed by atoms with Crippen molar-refractivity contribution < 1.29 is 19.4 Å². The van der Waals surface area contributed by atoms with Gasteiger partial charge in [-0.3, -0.25) is 4.79 Å². The fraction of sp³-hybridized carbons (Fsp3) is 0.500. The molecule has 2 aliphatic heterocycles. The third-order valence-electron chi connectivity index (χ3n) is 4.04. The highest BCUT2D eigenvalue weighted by atomic mass is 19.1. The Hall–Kier alpha value is -1.66. The van der Waals surface area contributed by atoms with Crippen molar-refractivity contribution in [3.63, 3.8) is 0 Å². The molecular formula is C14H17FN2O3. The highest BCUT2D eigenvalue weighted by Gasteiger charge is 2.31. The van der Waals surface area contributed by atoms with Crippen LogP contribution in [0.15, 0.2) is 12.1 Å². The number of carbonyl (C=O) groups excluding carboxylic acids is 1. The van der Waals surface area contributed by atoms with Crippen LogP contribution in [-0.2, 0) is 4.79 Å². The van der Waals surface area contributed by atoms with Gasteiger partial charge in [-0.2, -0.15) is 0 Å². The third-order valence-corrected chi connectivity index (χ3v) is 4.04. The number of benzene rings is 1. The lowest BCUT2D eigenvalue weighted by molar-refractivity contribution is -0.123. The summed E-state index contributed by atoms with van der Waals surface area (Å²) in [6.07, 6.45) is 0.547. The molecule has 0 aliphatic carbocycles. The van der Waals surface area contributed by atoms with Crippen molar-refractivity contribution in [3.8, 4) is 0 Å². The van der Waals surface area contributed by atoms with E-state index in [-0.39, 0.29) is 18.1 Å². The molecular weight excluding hydrogens is 263 g/mol. The number of nitrogens with one attached hydrogen (secondary N) is 1. The lowest BCUT2D eigenvalue weighted by atomic mass is 9.98. The molecule has 1 aromatic rings. The lowest BCUT2D eigenvalue weighted by Crippen LogP contribution is -2.37. The smallest absolute Gasteiger partial charge is 0.257 e. The zero-order valence-electron chi connectivity index (χ0n) is 11.0. The number of rotatable bonds is 2. The second-order valence-corrected chi connectivity index (χ2v) is 5.42. The quantitative estimate of drug-likeness (QED) is 0.756. The average Bonchev–Trinajstić information content (AvgIpc) is 2.73. The standard InChI is InChI=1S/C14H17FN2O3/c15-10-4-9-11(16-14(20)13(9)19)5-12(10)17-3-1-2-8(6-17)7-18/h4-5,8,13,18-19H,1-3,6-7H2,(H,16,20). The molecule has 108 valence electrons. The minimum Gasteiger partial charge on any atom is -0.396 e. The van der Waals surface area contributed by atoms with Crippen LogP contribution in [0, 0.1) is 11.7 Å². The van der Waals surface area contributed by atoms with Crippen molar-refractivity contribution in [2.75, 3.05) is 29.9 Å². The van der Waals surface area contributed by atoms with E-state index in [9.17, 15) is 19.4 Å². The maximum Gasteiger partial charge on any atom is 0.257 e. The number of piperidine rings is 1. The second kappa shape index (κ2) is 5.03. The molecule has 20 heavy (non-hydrogen) atoms. The summed E-state index contributed by atoms with van der Waals surface area (Å²) >= 11 is 0. The first-order valence-electron chi connectivity index (χ1n) is 6.78. The highest BCUT2D eigenvalue weighted by Crippen LogP contribution is 2.37. The van der Waals surface area contributed by atoms with E-state index in [0.717, 1.165) is 19.4 Å². The molecule has 6 heteroatoms. The molecule has 2 unspecified atom stereocenters. The van der Waals surface area contributed by atoms with E-state index < -0.39 is 17.8 Å². The molecule has 1 amide bonds. The van der Waals surface area contributed by atoms with Crippen LogP contribution in [0.1, 0.15) is 24.5 Å². The van der Waals surface area contributed by atoms with Gasteiger partial charge in [0.15, 0.2) is 6.10 Å². The minimum atomic E-state index is -1.29. The Morgan fingerprint density at radius 3 is 3.00 bits per heavy atom. The zero-order chi connectivity index (χ0) is 14.3. The molecule has 5 nitrogen and oxygen atoms in total. The molecule has 3 rings (SSSR count). The van der Waals surface area contributed by atoms with E-state index in [1.165, 1.54) is 6.07 Å². The van der Waals surface area contributed by atoms with Crippen molar-refractivity contribution in [2.24, 2.45) is 5.92 Å². The van der Waals surface area contributed by atoms with Crippen molar-refractivity contribution in [1.82, 2.24) is 0 Å². The van der Waals surface area contributed by atoms with Crippen LogP contribution >= 0.6 is 0 Å². The summed E-state index contributed by atoms with van der Waals surface area (Å²) in [6.45, 7) is 1.42.